The highest BCUT2D eigenvalue weighted by atomic mass is 32.2. The molecule has 3 rings (SSSR count). The normalized spacial score (nSPS) is 11.7. The highest BCUT2D eigenvalue weighted by Gasteiger charge is 2.35. The van der Waals surface area contributed by atoms with Crippen LogP contribution in [0.2, 0.25) is 0 Å². The van der Waals surface area contributed by atoms with Crippen molar-refractivity contribution in [1.82, 2.24) is 14.5 Å². The Hall–Kier alpha value is -3.80. The number of hydrogen-bond donors (Lipinski definition) is 0. The highest BCUT2D eigenvalue weighted by Crippen LogP contribution is 2.35. The number of ether oxygens (including phenoxy) is 4. The van der Waals surface area contributed by atoms with Crippen molar-refractivity contribution < 1.29 is 28.5 Å². The molecule has 0 atom stereocenters. The molecule has 0 N–H and O–H groups in total. The predicted molar refractivity (Wildman–Crippen MR) is 145 cm³/mol. The fourth-order valence-electron chi connectivity index (χ4n) is 3.51. The molecular weight excluding hydrogens is 512 g/mol. The molecule has 0 unspecified atom stereocenters. The number of thioether (sulfide) groups is 1. The van der Waals surface area contributed by atoms with Crippen LogP contribution in [-0.4, -0.2) is 58.4 Å². The molecule has 0 radical (unpaired) electrons. The largest absolute Gasteiger partial charge is 0.494 e. The van der Waals surface area contributed by atoms with E-state index < -0.39 is 28.9 Å². The molecule has 0 aliphatic heterocycles. The van der Waals surface area contributed by atoms with Crippen LogP contribution >= 0.6 is 11.8 Å². The van der Waals surface area contributed by atoms with E-state index in [-0.39, 0.29) is 16.7 Å². The van der Waals surface area contributed by atoms with E-state index in [1.54, 1.807) is 66.0 Å². The van der Waals surface area contributed by atoms with E-state index in [9.17, 15) is 14.4 Å². The maximum absolute atomic E-state index is 13.8. The van der Waals surface area contributed by atoms with Crippen molar-refractivity contribution in [2.75, 3.05) is 25.4 Å². The van der Waals surface area contributed by atoms with Crippen LogP contribution in [0.4, 0.5) is 15.3 Å². The minimum atomic E-state index is -1.02. The summed E-state index contributed by atoms with van der Waals surface area (Å²) in [7, 11) is 2.93. The second-order valence-electron chi connectivity index (χ2n) is 10.1. The summed E-state index contributed by atoms with van der Waals surface area (Å²) in [5.74, 6) is 0.696. The lowest BCUT2D eigenvalue weighted by Gasteiger charge is -2.29. The molecule has 0 spiro atoms. The number of fused-ring (bicyclic) bond motifs is 1. The Morgan fingerprint density at radius 3 is 1.92 bits per heavy atom. The summed E-state index contributed by atoms with van der Waals surface area (Å²) >= 11 is 1.26. The Labute approximate surface area is 225 Å². The zero-order valence-corrected chi connectivity index (χ0v) is 23.8. The number of pyridine rings is 1. The monoisotopic (exact) mass is 544 g/mol. The average molecular weight is 545 g/mol. The molecule has 2 heterocycles. The molecule has 12 heteroatoms. The SMILES string of the molecule is COc1cccc(OC)c1-n1c(=O)cc(N(C(=O)OC(C)(C)C)C(=O)OC(C)(C)C)c2cnc(SC)nc21. The Kier molecular flexibility index (Phi) is 8.25. The van der Waals surface area contributed by atoms with Crippen molar-refractivity contribution in [2.24, 2.45) is 0 Å². The number of amides is 2. The van der Waals surface area contributed by atoms with Gasteiger partial charge < -0.3 is 18.9 Å². The third-order valence-electron chi connectivity index (χ3n) is 4.92. The summed E-state index contributed by atoms with van der Waals surface area (Å²) in [5.41, 5.74) is -2.16. The number of benzene rings is 1. The number of imide groups is 1. The molecule has 0 aliphatic carbocycles. The van der Waals surface area contributed by atoms with E-state index >= 15 is 0 Å². The van der Waals surface area contributed by atoms with Gasteiger partial charge >= 0.3 is 12.2 Å². The average Bonchev–Trinajstić information content (AvgIpc) is 2.81. The molecule has 2 amide bonds. The van der Waals surface area contributed by atoms with Crippen molar-refractivity contribution in [3.05, 3.63) is 40.8 Å². The van der Waals surface area contributed by atoms with Crippen LogP contribution in [0.25, 0.3) is 16.7 Å². The van der Waals surface area contributed by atoms with Gasteiger partial charge in [-0.2, -0.15) is 4.90 Å². The Morgan fingerprint density at radius 1 is 0.947 bits per heavy atom. The van der Waals surface area contributed by atoms with Gasteiger partial charge in [0.1, 0.15) is 28.4 Å². The Bertz CT molecular complexity index is 1370. The molecule has 38 heavy (non-hydrogen) atoms. The quantitative estimate of drug-likeness (QED) is 0.313. The zero-order chi connectivity index (χ0) is 28.4. The summed E-state index contributed by atoms with van der Waals surface area (Å²) < 4.78 is 23.3. The third kappa shape index (κ3) is 6.18. The minimum absolute atomic E-state index is 0.0914. The number of methoxy groups -OCH3 is 2. The van der Waals surface area contributed by atoms with Crippen LogP contribution in [0.15, 0.2) is 40.4 Å². The summed E-state index contributed by atoms with van der Waals surface area (Å²) in [6.45, 7) is 9.98. The standard InChI is InChI=1S/C26H32N4O7S/c1-25(2,3)36-23(32)29(24(33)37-26(4,5)6)16-13-19(31)30(21-15(16)14-27-22(28-21)38-9)20-17(34-7)11-10-12-18(20)35-8/h10-14H,1-9H3. The maximum Gasteiger partial charge on any atom is 0.424 e. The lowest BCUT2D eigenvalue weighted by atomic mass is 10.2. The molecule has 3 aromatic rings. The Balaban J connectivity index is 2.43. The summed E-state index contributed by atoms with van der Waals surface area (Å²) in [6, 6.07) is 6.20. The molecule has 11 nitrogen and oxygen atoms in total. The molecule has 0 saturated carbocycles. The van der Waals surface area contributed by atoms with Gasteiger partial charge in [0.05, 0.1) is 25.3 Å². The van der Waals surface area contributed by atoms with Gasteiger partial charge in [0, 0.05) is 12.3 Å². The number of rotatable bonds is 5. The van der Waals surface area contributed by atoms with Crippen molar-refractivity contribution in [1.29, 1.82) is 0 Å². The smallest absolute Gasteiger partial charge is 0.424 e. The number of hydrogen-bond acceptors (Lipinski definition) is 10. The Morgan fingerprint density at radius 2 is 1.47 bits per heavy atom. The molecule has 1 aromatic carbocycles. The van der Waals surface area contributed by atoms with Crippen molar-refractivity contribution in [3.8, 4) is 17.2 Å². The van der Waals surface area contributed by atoms with Gasteiger partial charge in [-0.05, 0) is 59.9 Å². The second kappa shape index (κ2) is 10.9. The third-order valence-corrected chi connectivity index (χ3v) is 5.48. The molecular formula is C26H32N4O7S. The van der Waals surface area contributed by atoms with E-state index in [2.05, 4.69) is 9.97 Å². The van der Waals surface area contributed by atoms with Crippen LogP contribution < -0.4 is 19.9 Å². The van der Waals surface area contributed by atoms with Gasteiger partial charge in [-0.3, -0.25) is 9.36 Å². The first-order chi connectivity index (χ1) is 17.7. The van der Waals surface area contributed by atoms with Crippen molar-refractivity contribution >= 4 is 40.7 Å². The van der Waals surface area contributed by atoms with Crippen LogP contribution in [0.3, 0.4) is 0 Å². The van der Waals surface area contributed by atoms with E-state index in [4.69, 9.17) is 18.9 Å². The number of aromatic nitrogens is 3. The van der Waals surface area contributed by atoms with Crippen molar-refractivity contribution in [2.45, 2.75) is 57.9 Å². The maximum atomic E-state index is 13.8. The van der Waals surface area contributed by atoms with Gasteiger partial charge in [-0.25, -0.2) is 19.6 Å². The molecule has 0 bridgehead atoms. The van der Waals surface area contributed by atoms with E-state index in [1.807, 2.05) is 0 Å². The minimum Gasteiger partial charge on any atom is -0.494 e. The number of anilines is 1. The lowest BCUT2D eigenvalue weighted by Crippen LogP contribution is -2.44. The van der Waals surface area contributed by atoms with Crippen LogP contribution in [0, 0.1) is 0 Å². The zero-order valence-electron chi connectivity index (χ0n) is 22.9. The lowest BCUT2D eigenvalue weighted by molar-refractivity contribution is 0.0431. The first-order valence-electron chi connectivity index (χ1n) is 11.6. The number of carbonyl (C=O) groups excluding carboxylic acids is 2. The molecule has 0 fully saturated rings. The van der Waals surface area contributed by atoms with Gasteiger partial charge in [0.15, 0.2) is 10.8 Å². The molecule has 0 saturated heterocycles. The highest BCUT2D eigenvalue weighted by molar-refractivity contribution is 7.98. The first-order valence-corrected chi connectivity index (χ1v) is 12.9. The number of carbonyl (C=O) groups is 2. The molecule has 0 aliphatic rings. The second-order valence-corrected chi connectivity index (χ2v) is 10.9. The van der Waals surface area contributed by atoms with E-state index in [0.29, 0.717) is 27.2 Å². The van der Waals surface area contributed by atoms with Crippen molar-refractivity contribution in [3.63, 3.8) is 0 Å². The van der Waals surface area contributed by atoms with Crippen LogP contribution in [0.5, 0.6) is 11.5 Å². The molecule has 2 aromatic heterocycles. The first kappa shape index (κ1) is 28.8. The number of nitrogens with zero attached hydrogens (tertiary/aromatic N) is 4. The topological polar surface area (TPSA) is 122 Å². The predicted octanol–water partition coefficient (Wildman–Crippen LogP) is 5.20. The molecule has 204 valence electrons. The fourth-order valence-corrected chi connectivity index (χ4v) is 3.85. The number of para-hydroxylation sites is 1. The van der Waals surface area contributed by atoms with Gasteiger partial charge in [-0.1, -0.05) is 17.8 Å². The van der Waals surface area contributed by atoms with E-state index in [0.717, 1.165) is 6.07 Å². The van der Waals surface area contributed by atoms with E-state index in [1.165, 1.54) is 36.7 Å². The summed E-state index contributed by atoms with van der Waals surface area (Å²) in [4.78, 5) is 50.0. The van der Waals surface area contributed by atoms with Gasteiger partial charge in [0.25, 0.3) is 5.56 Å². The van der Waals surface area contributed by atoms with Crippen LogP contribution in [-0.2, 0) is 9.47 Å². The van der Waals surface area contributed by atoms with Gasteiger partial charge in [0.2, 0.25) is 0 Å². The summed E-state index contributed by atoms with van der Waals surface area (Å²) in [5, 5.41) is 0.574. The van der Waals surface area contributed by atoms with Gasteiger partial charge in [-0.15, -0.1) is 0 Å². The van der Waals surface area contributed by atoms with Crippen LogP contribution in [0.1, 0.15) is 41.5 Å². The summed E-state index contributed by atoms with van der Waals surface area (Å²) in [6.07, 6.45) is 1.18. The fraction of sp³-hybridized carbons (Fsp3) is 0.423.